The highest BCUT2D eigenvalue weighted by Gasteiger charge is 2.54. The van der Waals surface area contributed by atoms with Crippen molar-refractivity contribution in [1.29, 1.82) is 0 Å². The molecule has 0 bridgehead atoms. The molecule has 7 heteroatoms. The molecule has 2 heterocycles. The molecule has 0 unspecified atom stereocenters. The molecule has 1 aromatic carbocycles. The summed E-state index contributed by atoms with van der Waals surface area (Å²) in [6.45, 7) is 2.36. The van der Waals surface area contributed by atoms with Gasteiger partial charge in [-0.15, -0.1) is 0 Å². The standard InChI is InChI=1S/C23H33N3O4/c1-24(2)13-14-26-21(28)17-23(22(26)29,18-9-8-10-19(15-18)30-3)16-20(27)25-11-6-4-5-7-12-25/h8-10,15H,4-7,11-14,16-17H2,1-3H3/t23-/m0/s1. The summed E-state index contributed by atoms with van der Waals surface area (Å²) < 4.78 is 5.35. The summed E-state index contributed by atoms with van der Waals surface area (Å²) in [5.41, 5.74) is -0.489. The van der Waals surface area contributed by atoms with E-state index in [4.69, 9.17) is 4.74 Å². The summed E-state index contributed by atoms with van der Waals surface area (Å²) in [6, 6.07) is 7.24. The van der Waals surface area contributed by atoms with E-state index in [1.54, 1.807) is 19.2 Å². The van der Waals surface area contributed by atoms with Crippen molar-refractivity contribution < 1.29 is 19.1 Å². The van der Waals surface area contributed by atoms with E-state index in [1.165, 1.54) is 4.90 Å². The highest BCUT2D eigenvalue weighted by molar-refractivity contribution is 6.10. The van der Waals surface area contributed by atoms with Crippen molar-refractivity contribution in [3.05, 3.63) is 29.8 Å². The lowest BCUT2D eigenvalue weighted by molar-refractivity contribution is -0.142. The molecule has 2 saturated heterocycles. The molecular weight excluding hydrogens is 382 g/mol. The molecule has 1 aromatic rings. The number of hydrogen-bond donors (Lipinski definition) is 0. The molecule has 0 aromatic heterocycles. The van der Waals surface area contributed by atoms with Crippen molar-refractivity contribution in [3.63, 3.8) is 0 Å². The number of carbonyl (C=O) groups excluding carboxylic acids is 3. The summed E-state index contributed by atoms with van der Waals surface area (Å²) >= 11 is 0. The number of nitrogens with zero attached hydrogens (tertiary/aromatic N) is 3. The molecule has 0 aliphatic carbocycles. The van der Waals surface area contributed by atoms with E-state index in [9.17, 15) is 14.4 Å². The minimum Gasteiger partial charge on any atom is -0.497 e. The number of imide groups is 1. The SMILES string of the molecule is COc1cccc([C@]2(CC(=O)N3CCCCCC3)CC(=O)N(CCN(C)C)C2=O)c1. The number of benzene rings is 1. The first kappa shape index (κ1) is 22.3. The van der Waals surface area contributed by atoms with Gasteiger partial charge in [0.2, 0.25) is 17.7 Å². The Morgan fingerprint density at radius 2 is 1.83 bits per heavy atom. The van der Waals surface area contributed by atoms with Gasteiger partial charge in [0.25, 0.3) is 0 Å². The topological polar surface area (TPSA) is 70.2 Å². The van der Waals surface area contributed by atoms with Crippen LogP contribution in [0, 0.1) is 0 Å². The zero-order valence-electron chi connectivity index (χ0n) is 18.4. The number of ether oxygens (including phenoxy) is 1. The molecule has 0 radical (unpaired) electrons. The van der Waals surface area contributed by atoms with Crippen LogP contribution < -0.4 is 4.74 Å². The van der Waals surface area contributed by atoms with Crippen LogP contribution in [0.2, 0.25) is 0 Å². The van der Waals surface area contributed by atoms with E-state index in [0.29, 0.717) is 24.4 Å². The molecule has 3 rings (SSSR count). The van der Waals surface area contributed by atoms with E-state index in [2.05, 4.69) is 0 Å². The Balaban J connectivity index is 1.94. The predicted octanol–water partition coefficient (Wildman–Crippen LogP) is 2.05. The van der Waals surface area contributed by atoms with Crippen LogP contribution in [-0.2, 0) is 19.8 Å². The van der Waals surface area contributed by atoms with Gasteiger partial charge in [-0.25, -0.2) is 0 Å². The third kappa shape index (κ3) is 4.67. The van der Waals surface area contributed by atoms with E-state index in [0.717, 1.165) is 38.8 Å². The lowest BCUT2D eigenvalue weighted by atomic mass is 9.75. The first-order chi connectivity index (χ1) is 14.4. The Morgan fingerprint density at radius 1 is 1.13 bits per heavy atom. The van der Waals surface area contributed by atoms with Crippen molar-refractivity contribution >= 4 is 17.7 Å². The van der Waals surface area contributed by atoms with Gasteiger partial charge in [-0.1, -0.05) is 25.0 Å². The second kappa shape index (κ2) is 9.60. The van der Waals surface area contributed by atoms with Crippen LogP contribution in [0.5, 0.6) is 5.75 Å². The summed E-state index contributed by atoms with van der Waals surface area (Å²) in [5.74, 6) is 0.0792. The molecule has 0 N–H and O–H groups in total. The Kier molecular flexibility index (Phi) is 7.13. The minimum absolute atomic E-state index is 0.0171. The number of methoxy groups -OCH3 is 1. The summed E-state index contributed by atoms with van der Waals surface area (Å²) in [7, 11) is 5.38. The zero-order valence-corrected chi connectivity index (χ0v) is 18.4. The number of likely N-dealkylation sites (tertiary alicyclic amines) is 2. The number of hydrogen-bond acceptors (Lipinski definition) is 5. The van der Waals surface area contributed by atoms with E-state index in [1.807, 2.05) is 36.0 Å². The third-order valence-corrected chi connectivity index (χ3v) is 6.21. The van der Waals surface area contributed by atoms with Crippen LogP contribution in [0.4, 0.5) is 0 Å². The van der Waals surface area contributed by atoms with Gasteiger partial charge in [0, 0.05) is 39.0 Å². The Bertz CT molecular complexity index is 786. The Morgan fingerprint density at radius 3 is 2.47 bits per heavy atom. The Hall–Kier alpha value is -2.41. The van der Waals surface area contributed by atoms with Gasteiger partial charge >= 0.3 is 0 Å². The van der Waals surface area contributed by atoms with Crippen LogP contribution in [0.25, 0.3) is 0 Å². The molecule has 0 spiro atoms. The maximum absolute atomic E-state index is 13.6. The quantitative estimate of drug-likeness (QED) is 0.638. The normalized spacial score (nSPS) is 22.5. The molecule has 30 heavy (non-hydrogen) atoms. The van der Waals surface area contributed by atoms with Crippen molar-refractivity contribution in [3.8, 4) is 5.75 Å². The molecular formula is C23H33N3O4. The van der Waals surface area contributed by atoms with Crippen molar-refractivity contribution in [2.45, 2.75) is 43.9 Å². The van der Waals surface area contributed by atoms with Crippen LogP contribution in [0.3, 0.4) is 0 Å². The second-order valence-corrected chi connectivity index (χ2v) is 8.62. The fourth-order valence-electron chi connectivity index (χ4n) is 4.40. The van der Waals surface area contributed by atoms with Crippen molar-refractivity contribution in [2.24, 2.45) is 0 Å². The van der Waals surface area contributed by atoms with Gasteiger partial charge in [0.15, 0.2) is 0 Å². The summed E-state index contributed by atoms with van der Waals surface area (Å²) in [6.07, 6.45) is 4.26. The van der Waals surface area contributed by atoms with Crippen LogP contribution >= 0.6 is 0 Å². The monoisotopic (exact) mass is 415 g/mol. The van der Waals surface area contributed by atoms with E-state index < -0.39 is 5.41 Å². The molecule has 2 fully saturated rings. The highest BCUT2D eigenvalue weighted by atomic mass is 16.5. The number of amides is 3. The van der Waals surface area contributed by atoms with E-state index in [-0.39, 0.29) is 30.6 Å². The van der Waals surface area contributed by atoms with Crippen LogP contribution in [0.15, 0.2) is 24.3 Å². The second-order valence-electron chi connectivity index (χ2n) is 8.62. The molecule has 1 atom stereocenters. The molecule has 2 aliphatic heterocycles. The van der Waals surface area contributed by atoms with Crippen LogP contribution in [-0.4, -0.2) is 79.8 Å². The van der Waals surface area contributed by atoms with Gasteiger partial charge in [0.05, 0.1) is 12.5 Å². The van der Waals surface area contributed by atoms with E-state index >= 15 is 0 Å². The Labute approximate surface area is 179 Å². The van der Waals surface area contributed by atoms with Gasteiger partial charge in [-0.2, -0.15) is 0 Å². The van der Waals surface area contributed by atoms with Gasteiger partial charge in [-0.3, -0.25) is 19.3 Å². The smallest absolute Gasteiger partial charge is 0.240 e. The fraction of sp³-hybridized carbons (Fsp3) is 0.609. The van der Waals surface area contributed by atoms with Gasteiger partial charge < -0.3 is 14.5 Å². The van der Waals surface area contributed by atoms with Crippen molar-refractivity contribution in [2.75, 3.05) is 47.4 Å². The van der Waals surface area contributed by atoms with Crippen molar-refractivity contribution in [1.82, 2.24) is 14.7 Å². The number of rotatable bonds is 7. The average Bonchev–Trinajstić information content (AvgIpc) is 2.91. The highest BCUT2D eigenvalue weighted by Crippen LogP contribution is 2.41. The molecule has 3 amide bonds. The number of likely N-dealkylation sites (N-methyl/N-ethyl adjacent to an activating group) is 1. The maximum Gasteiger partial charge on any atom is 0.240 e. The summed E-state index contributed by atoms with van der Waals surface area (Å²) in [5, 5.41) is 0. The van der Waals surface area contributed by atoms with Gasteiger partial charge in [-0.05, 0) is 44.6 Å². The van der Waals surface area contributed by atoms with Gasteiger partial charge in [0.1, 0.15) is 5.75 Å². The largest absolute Gasteiger partial charge is 0.497 e. The fourth-order valence-corrected chi connectivity index (χ4v) is 4.40. The molecule has 7 nitrogen and oxygen atoms in total. The lowest BCUT2D eigenvalue weighted by Crippen LogP contribution is -2.45. The molecule has 0 saturated carbocycles. The summed E-state index contributed by atoms with van der Waals surface area (Å²) in [4.78, 5) is 44.9. The molecule has 164 valence electrons. The first-order valence-corrected chi connectivity index (χ1v) is 10.8. The van der Waals surface area contributed by atoms with Crippen LogP contribution in [0.1, 0.15) is 44.1 Å². The number of carbonyl (C=O) groups is 3. The maximum atomic E-state index is 13.6. The third-order valence-electron chi connectivity index (χ3n) is 6.21. The average molecular weight is 416 g/mol. The lowest BCUT2D eigenvalue weighted by Gasteiger charge is -2.30. The minimum atomic E-state index is -1.17. The molecule has 2 aliphatic rings. The first-order valence-electron chi connectivity index (χ1n) is 10.8. The predicted molar refractivity (Wildman–Crippen MR) is 114 cm³/mol. The zero-order chi connectivity index (χ0) is 21.7.